The minimum absolute atomic E-state index is 0.0370. The summed E-state index contributed by atoms with van der Waals surface area (Å²) in [7, 11) is 3.68. The molecule has 1 rings (SSSR count). The molecule has 0 atom stereocenters. The van der Waals surface area contributed by atoms with Crippen molar-refractivity contribution in [3.8, 4) is 0 Å². The summed E-state index contributed by atoms with van der Waals surface area (Å²) in [4.78, 5) is 16.0. The van der Waals surface area contributed by atoms with Crippen LogP contribution < -0.4 is 0 Å². The van der Waals surface area contributed by atoms with E-state index in [-0.39, 0.29) is 5.69 Å². The van der Waals surface area contributed by atoms with Gasteiger partial charge in [0, 0.05) is 26.4 Å². The molecule has 0 unspecified atom stereocenters. The summed E-state index contributed by atoms with van der Waals surface area (Å²) in [6.45, 7) is 0. The summed E-state index contributed by atoms with van der Waals surface area (Å²) in [5.41, 5.74) is 0.520. The van der Waals surface area contributed by atoms with Crippen molar-refractivity contribution >= 4 is 27.7 Å². The maximum atomic E-state index is 10.7. The Balaban J connectivity index is 3.12. The standard InChI is InChI=1S/C9H10BrN3O2/c1-12(2)4-3-7-6-11-9(10)5-8(7)13(14)15/h3-6H,1-2H3. The number of hydrogen-bond donors (Lipinski definition) is 0. The van der Waals surface area contributed by atoms with Crippen molar-refractivity contribution < 1.29 is 4.92 Å². The second-order valence-electron chi connectivity index (χ2n) is 3.10. The molecular formula is C9H10BrN3O2. The maximum absolute atomic E-state index is 10.7. The van der Waals surface area contributed by atoms with Crippen molar-refractivity contribution in [1.82, 2.24) is 9.88 Å². The van der Waals surface area contributed by atoms with Gasteiger partial charge in [0.05, 0.1) is 10.5 Å². The van der Waals surface area contributed by atoms with Crippen LogP contribution in [0.15, 0.2) is 23.1 Å². The molecule has 5 nitrogen and oxygen atoms in total. The summed E-state index contributed by atoms with van der Waals surface area (Å²) in [6, 6.07) is 1.38. The fourth-order valence-electron chi connectivity index (χ4n) is 0.947. The number of rotatable bonds is 3. The van der Waals surface area contributed by atoms with Crippen LogP contribution >= 0.6 is 15.9 Å². The van der Waals surface area contributed by atoms with Gasteiger partial charge in [0.15, 0.2) is 0 Å². The molecule has 0 amide bonds. The first kappa shape index (κ1) is 11.6. The van der Waals surface area contributed by atoms with Crippen LogP contribution in [-0.2, 0) is 0 Å². The smallest absolute Gasteiger partial charge is 0.280 e. The SMILES string of the molecule is CN(C)C=Cc1cnc(Br)cc1[N+](=O)[O-]. The van der Waals surface area contributed by atoms with Gasteiger partial charge in [-0.05, 0) is 28.2 Å². The molecule has 0 aliphatic heterocycles. The first-order valence-corrected chi connectivity index (χ1v) is 4.94. The molecule has 0 aliphatic carbocycles. The largest absolute Gasteiger partial charge is 0.383 e. The van der Waals surface area contributed by atoms with Crippen molar-refractivity contribution in [3.05, 3.63) is 38.7 Å². The number of hydrogen-bond acceptors (Lipinski definition) is 4. The lowest BCUT2D eigenvalue weighted by molar-refractivity contribution is -0.385. The lowest BCUT2D eigenvalue weighted by atomic mass is 10.2. The molecule has 0 radical (unpaired) electrons. The van der Waals surface area contributed by atoms with Crippen LogP contribution in [0, 0.1) is 10.1 Å². The van der Waals surface area contributed by atoms with Crippen molar-refractivity contribution in [1.29, 1.82) is 0 Å². The van der Waals surface area contributed by atoms with Crippen LogP contribution in [0.1, 0.15) is 5.56 Å². The van der Waals surface area contributed by atoms with Crippen LogP contribution in [0.2, 0.25) is 0 Å². The molecule has 0 bridgehead atoms. The van der Waals surface area contributed by atoms with Crippen molar-refractivity contribution in [2.75, 3.05) is 14.1 Å². The highest BCUT2D eigenvalue weighted by atomic mass is 79.9. The minimum atomic E-state index is -0.429. The first-order chi connectivity index (χ1) is 7.00. The average molecular weight is 272 g/mol. The lowest BCUT2D eigenvalue weighted by Crippen LogP contribution is -2.00. The zero-order chi connectivity index (χ0) is 11.4. The summed E-state index contributed by atoms with van der Waals surface area (Å²) in [6.07, 6.45) is 4.84. The summed E-state index contributed by atoms with van der Waals surface area (Å²) < 4.78 is 0.455. The van der Waals surface area contributed by atoms with Crippen LogP contribution in [0.4, 0.5) is 5.69 Å². The van der Waals surface area contributed by atoms with E-state index in [1.54, 1.807) is 17.2 Å². The van der Waals surface area contributed by atoms with Gasteiger partial charge in [0.25, 0.3) is 5.69 Å². The van der Waals surface area contributed by atoms with Crippen molar-refractivity contribution in [2.24, 2.45) is 0 Å². The summed E-state index contributed by atoms with van der Waals surface area (Å²) in [5.74, 6) is 0. The van der Waals surface area contributed by atoms with Crippen molar-refractivity contribution in [3.63, 3.8) is 0 Å². The minimum Gasteiger partial charge on any atom is -0.383 e. The van der Waals surface area contributed by atoms with E-state index in [0.29, 0.717) is 10.2 Å². The van der Waals surface area contributed by atoms with E-state index in [2.05, 4.69) is 20.9 Å². The topological polar surface area (TPSA) is 59.3 Å². The van der Waals surface area contributed by atoms with Gasteiger partial charge >= 0.3 is 0 Å². The van der Waals surface area contributed by atoms with Gasteiger partial charge in [-0.1, -0.05) is 0 Å². The number of nitrogens with zero attached hydrogens (tertiary/aromatic N) is 3. The number of pyridine rings is 1. The van der Waals surface area contributed by atoms with E-state index in [9.17, 15) is 10.1 Å². The fraction of sp³-hybridized carbons (Fsp3) is 0.222. The predicted molar refractivity (Wildman–Crippen MR) is 61.3 cm³/mol. The van der Waals surface area contributed by atoms with Gasteiger partial charge < -0.3 is 4.90 Å². The monoisotopic (exact) mass is 271 g/mol. The maximum Gasteiger partial charge on any atom is 0.280 e. The predicted octanol–water partition coefficient (Wildman–Crippen LogP) is 2.28. The van der Waals surface area contributed by atoms with Gasteiger partial charge in [-0.2, -0.15) is 0 Å². The Morgan fingerprint density at radius 1 is 1.60 bits per heavy atom. The Morgan fingerprint density at radius 3 is 2.80 bits per heavy atom. The molecule has 0 spiro atoms. The highest BCUT2D eigenvalue weighted by Gasteiger charge is 2.12. The third-order valence-electron chi connectivity index (χ3n) is 1.63. The molecule has 1 aromatic heterocycles. The number of nitro groups is 1. The van der Waals surface area contributed by atoms with Crippen LogP contribution in [0.25, 0.3) is 6.08 Å². The molecule has 0 aliphatic rings. The van der Waals surface area contributed by atoms with Gasteiger partial charge in [-0.25, -0.2) is 4.98 Å². The van der Waals surface area contributed by atoms with Gasteiger partial charge in [-0.3, -0.25) is 10.1 Å². The quantitative estimate of drug-likeness (QED) is 0.481. The second-order valence-corrected chi connectivity index (χ2v) is 3.91. The molecule has 15 heavy (non-hydrogen) atoms. The molecule has 1 aromatic rings. The zero-order valence-corrected chi connectivity index (χ0v) is 9.93. The van der Waals surface area contributed by atoms with Gasteiger partial charge in [-0.15, -0.1) is 0 Å². The highest BCUT2D eigenvalue weighted by molar-refractivity contribution is 9.10. The average Bonchev–Trinajstić information content (AvgIpc) is 2.15. The van der Waals surface area contributed by atoms with E-state index in [4.69, 9.17) is 0 Å². The van der Waals surface area contributed by atoms with Crippen LogP contribution in [0.3, 0.4) is 0 Å². The molecule has 1 heterocycles. The van der Waals surface area contributed by atoms with Crippen LogP contribution in [-0.4, -0.2) is 28.9 Å². The van der Waals surface area contributed by atoms with E-state index >= 15 is 0 Å². The third kappa shape index (κ3) is 3.32. The third-order valence-corrected chi connectivity index (χ3v) is 2.06. The number of halogens is 1. The molecule has 6 heteroatoms. The molecule has 0 saturated carbocycles. The molecular weight excluding hydrogens is 262 g/mol. The molecule has 0 N–H and O–H groups in total. The molecule has 0 fully saturated rings. The summed E-state index contributed by atoms with van der Waals surface area (Å²) >= 11 is 3.09. The molecule has 0 aromatic carbocycles. The summed E-state index contributed by atoms with van der Waals surface area (Å²) in [5, 5.41) is 10.7. The van der Waals surface area contributed by atoms with E-state index < -0.39 is 4.92 Å². The second kappa shape index (κ2) is 4.88. The van der Waals surface area contributed by atoms with E-state index in [1.807, 2.05) is 14.1 Å². The van der Waals surface area contributed by atoms with Crippen LogP contribution in [0.5, 0.6) is 0 Å². The Labute approximate surface area is 95.7 Å². The lowest BCUT2D eigenvalue weighted by Gasteiger charge is -2.03. The first-order valence-electron chi connectivity index (χ1n) is 4.15. The highest BCUT2D eigenvalue weighted by Crippen LogP contribution is 2.22. The molecule has 80 valence electrons. The van der Waals surface area contributed by atoms with Gasteiger partial charge in [0.2, 0.25) is 0 Å². The molecule has 0 saturated heterocycles. The zero-order valence-electron chi connectivity index (χ0n) is 8.35. The normalized spacial score (nSPS) is 10.6. The van der Waals surface area contributed by atoms with E-state index in [0.717, 1.165) is 0 Å². The van der Waals surface area contributed by atoms with Gasteiger partial charge in [0.1, 0.15) is 4.60 Å². The fourth-order valence-corrected chi connectivity index (χ4v) is 1.27. The van der Waals surface area contributed by atoms with E-state index in [1.165, 1.54) is 12.3 Å². The Hall–Kier alpha value is -1.43. The Kier molecular flexibility index (Phi) is 3.79. The number of aromatic nitrogens is 1. The Bertz CT molecular complexity index is 404. The Morgan fingerprint density at radius 2 is 2.27 bits per heavy atom. The van der Waals surface area contributed by atoms with Crippen molar-refractivity contribution in [2.45, 2.75) is 0 Å².